The minimum Gasteiger partial charge on any atom is -0.298 e. The van der Waals surface area contributed by atoms with Crippen molar-refractivity contribution >= 4 is 56.2 Å². The fraction of sp³-hybridized carbons (Fsp3) is 0.115. The first-order chi connectivity index (χ1) is 16.0. The van der Waals surface area contributed by atoms with Crippen LogP contribution in [-0.4, -0.2) is 15.9 Å². The van der Waals surface area contributed by atoms with Crippen LogP contribution in [0.2, 0.25) is 4.34 Å². The number of pyridine rings is 1. The van der Waals surface area contributed by atoms with Gasteiger partial charge in [-0.1, -0.05) is 67.9 Å². The summed E-state index contributed by atoms with van der Waals surface area (Å²) < 4.78 is 0.683. The molecule has 0 saturated heterocycles. The summed E-state index contributed by atoms with van der Waals surface area (Å²) in [4.78, 5) is 23.6. The predicted octanol–water partition coefficient (Wildman–Crippen LogP) is 8.12. The first kappa shape index (κ1) is 21.8. The van der Waals surface area contributed by atoms with Crippen LogP contribution in [-0.2, 0) is 0 Å². The van der Waals surface area contributed by atoms with E-state index in [1.165, 1.54) is 28.2 Å². The minimum absolute atomic E-state index is 0.214. The zero-order chi connectivity index (χ0) is 22.9. The van der Waals surface area contributed by atoms with Gasteiger partial charge in [0.2, 0.25) is 0 Å². The highest BCUT2D eigenvalue weighted by molar-refractivity contribution is 7.19. The molecule has 5 aromatic rings. The van der Waals surface area contributed by atoms with Crippen molar-refractivity contribution in [3.63, 3.8) is 0 Å². The Morgan fingerprint density at radius 1 is 0.970 bits per heavy atom. The Morgan fingerprint density at radius 2 is 1.76 bits per heavy atom. The normalized spacial score (nSPS) is 11.3. The predicted molar refractivity (Wildman–Crippen MR) is 140 cm³/mol. The first-order valence-electron chi connectivity index (χ1n) is 10.5. The van der Waals surface area contributed by atoms with Crippen LogP contribution in [0.3, 0.4) is 0 Å². The Balaban J connectivity index is 1.45. The molecule has 1 amide bonds. The lowest BCUT2D eigenvalue weighted by atomic mass is 10.0. The summed E-state index contributed by atoms with van der Waals surface area (Å²) >= 11 is 8.97. The smallest absolute Gasteiger partial charge is 0.258 e. The highest BCUT2D eigenvalue weighted by Crippen LogP contribution is 2.33. The van der Waals surface area contributed by atoms with Crippen molar-refractivity contribution in [2.45, 2.75) is 19.8 Å². The van der Waals surface area contributed by atoms with Gasteiger partial charge in [-0.05, 0) is 35.7 Å². The number of halogens is 1. The SMILES string of the molecule is CC(C)c1ccc(-c2csc(NC(=O)c3cc(-c4ccc(Cl)s4)nc4ccccc34)n2)cc1. The molecule has 0 fully saturated rings. The number of rotatable bonds is 5. The molecule has 33 heavy (non-hydrogen) atoms. The van der Waals surface area contributed by atoms with Crippen LogP contribution >= 0.6 is 34.3 Å². The third-order valence-corrected chi connectivity index (χ3v) is 7.40. The second-order valence-corrected chi connectivity index (χ2v) is 10.5. The van der Waals surface area contributed by atoms with Crippen LogP contribution in [0, 0.1) is 0 Å². The molecule has 0 aliphatic rings. The molecule has 3 aromatic heterocycles. The lowest BCUT2D eigenvalue weighted by Crippen LogP contribution is -2.13. The molecule has 3 heterocycles. The quantitative estimate of drug-likeness (QED) is 0.271. The highest BCUT2D eigenvalue weighted by Gasteiger charge is 2.16. The molecular weight excluding hydrogens is 470 g/mol. The minimum atomic E-state index is -0.214. The summed E-state index contributed by atoms with van der Waals surface area (Å²) in [5, 5.41) is 6.29. The standard InChI is InChI=1S/C26H20ClN3OS2/c1-15(2)16-7-9-17(10-8-16)22-14-32-26(29-22)30-25(31)19-13-21(23-11-12-24(27)33-23)28-20-6-4-3-5-18(19)20/h3-15H,1-2H3,(H,29,30,31). The van der Waals surface area contributed by atoms with Gasteiger partial charge < -0.3 is 0 Å². The molecule has 5 rings (SSSR count). The second-order valence-electron chi connectivity index (χ2n) is 7.94. The monoisotopic (exact) mass is 489 g/mol. The second kappa shape index (κ2) is 9.06. The molecule has 4 nitrogen and oxygen atoms in total. The van der Waals surface area contributed by atoms with Gasteiger partial charge >= 0.3 is 0 Å². The van der Waals surface area contributed by atoms with E-state index in [0.29, 0.717) is 20.9 Å². The number of hydrogen-bond donors (Lipinski definition) is 1. The summed E-state index contributed by atoms with van der Waals surface area (Å²) in [6.45, 7) is 4.35. The molecule has 0 bridgehead atoms. The summed E-state index contributed by atoms with van der Waals surface area (Å²) in [6.07, 6.45) is 0. The molecule has 164 valence electrons. The number of hydrogen-bond acceptors (Lipinski definition) is 5. The largest absolute Gasteiger partial charge is 0.298 e. The van der Waals surface area contributed by atoms with Crippen molar-refractivity contribution < 1.29 is 4.79 Å². The molecular formula is C26H20ClN3OS2. The Labute approximate surface area is 204 Å². The van der Waals surface area contributed by atoms with E-state index < -0.39 is 0 Å². The maximum Gasteiger partial charge on any atom is 0.258 e. The number of fused-ring (bicyclic) bond motifs is 1. The molecule has 0 unspecified atom stereocenters. The van der Waals surface area contributed by atoms with Crippen LogP contribution < -0.4 is 5.32 Å². The number of aromatic nitrogens is 2. The molecule has 2 aromatic carbocycles. The van der Waals surface area contributed by atoms with Gasteiger partial charge in [-0.2, -0.15) is 0 Å². The van der Waals surface area contributed by atoms with Crippen LogP contribution in [0.25, 0.3) is 32.7 Å². The van der Waals surface area contributed by atoms with Crippen LogP contribution in [0.5, 0.6) is 0 Å². The molecule has 0 aliphatic carbocycles. The molecule has 0 saturated carbocycles. The molecule has 0 atom stereocenters. The fourth-order valence-electron chi connectivity index (χ4n) is 3.61. The first-order valence-corrected chi connectivity index (χ1v) is 12.6. The van der Waals surface area contributed by atoms with E-state index in [0.717, 1.165) is 32.7 Å². The third-order valence-electron chi connectivity index (χ3n) is 5.38. The van der Waals surface area contributed by atoms with Gasteiger partial charge in [-0.3, -0.25) is 10.1 Å². The number of para-hydroxylation sites is 1. The zero-order valence-electron chi connectivity index (χ0n) is 18.0. The van der Waals surface area contributed by atoms with Crippen molar-refractivity contribution in [3.05, 3.63) is 87.6 Å². The van der Waals surface area contributed by atoms with Crippen LogP contribution in [0.1, 0.15) is 35.7 Å². The summed E-state index contributed by atoms with van der Waals surface area (Å²) in [7, 11) is 0. The number of anilines is 1. The number of amides is 1. The Bertz CT molecular complexity index is 1450. The fourth-order valence-corrected chi connectivity index (χ4v) is 5.33. The average molecular weight is 490 g/mol. The number of nitrogens with zero attached hydrogens (tertiary/aromatic N) is 2. The maximum atomic E-state index is 13.3. The van der Waals surface area contributed by atoms with Gasteiger partial charge in [0, 0.05) is 16.3 Å². The summed E-state index contributed by atoms with van der Waals surface area (Å²) in [5.41, 5.74) is 5.20. The lowest BCUT2D eigenvalue weighted by molar-refractivity contribution is 0.102. The summed E-state index contributed by atoms with van der Waals surface area (Å²) in [6, 6.07) is 21.6. The van der Waals surface area contributed by atoms with Gasteiger partial charge in [-0.15, -0.1) is 22.7 Å². The Morgan fingerprint density at radius 3 is 2.48 bits per heavy atom. The zero-order valence-corrected chi connectivity index (χ0v) is 20.4. The van der Waals surface area contributed by atoms with Crippen molar-refractivity contribution in [2.24, 2.45) is 0 Å². The van der Waals surface area contributed by atoms with E-state index in [2.05, 4.69) is 48.4 Å². The molecule has 7 heteroatoms. The number of nitrogens with one attached hydrogen (secondary N) is 1. The Hall–Kier alpha value is -3.06. The van der Waals surface area contributed by atoms with Crippen molar-refractivity contribution in [1.82, 2.24) is 9.97 Å². The van der Waals surface area contributed by atoms with Crippen LogP contribution in [0.4, 0.5) is 5.13 Å². The lowest BCUT2D eigenvalue weighted by Gasteiger charge is -2.08. The van der Waals surface area contributed by atoms with E-state index in [1.807, 2.05) is 47.8 Å². The van der Waals surface area contributed by atoms with Crippen LogP contribution in [0.15, 0.2) is 72.1 Å². The van der Waals surface area contributed by atoms with E-state index in [1.54, 1.807) is 0 Å². The van der Waals surface area contributed by atoms with Gasteiger partial charge in [0.05, 0.1) is 31.7 Å². The van der Waals surface area contributed by atoms with E-state index in [-0.39, 0.29) is 5.91 Å². The molecule has 0 spiro atoms. The van der Waals surface area contributed by atoms with Crippen molar-refractivity contribution in [2.75, 3.05) is 5.32 Å². The van der Waals surface area contributed by atoms with Gasteiger partial charge in [0.1, 0.15) is 0 Å². The topological polar surface area (TPSA) is 54.9 Å². The van der Waals surface area contributed by atoms with E-state index in [9.17, 15) is 4.79 Å². The molecule has 0 radical (unpaired) electrons. The number of carbonyl (C=O) groups excluding carboxylic acids is 1. The van der Waals surface area contributed by atoms with Gasteiger partial charge in [0.15, 0.2) is 5.13 Å². The number of thiophene rings is 1. The number of thiazole rings is 1. The Kier molecular flexibility index (Phi) is 5.98. The van der Waals surface area contributed by atoms with Gasteiger partial charge in [-0.25, -0.2) is 9.97 Å². The van der Waals surface area contributed by atoms with E-state index in [4.69, 9.17) is 16.6 Å². The average Bonchev–Trinajstić information content (AvgIpc) is 3.47. The maximum absolute atomic E-state index is 13.3. The highest BCUT2D eigenvalue weighted by atomic mass is 35.5. The van der Waals surface area contributed by atoms with E-state index >= 15 is 0 Å². The van der Waals surface area contributed by atoms with Crippen molar-refractivity contribution in [1.29, 1.82) is 0 Å². The summed E-state index contributed by atoms with van der Waals surface area (Å²) in [5.74, 6) is 0.267. The van der Waals surface area contributed by atoms with Crippen molar-refractivity contribution in [3.8, 4) is 21.8 Å². The molecule has 1 N–H and O–H groups in total. The number of carbonyl (C=O) groups is 1. The number of benzene rings is 2. The van der Waals surface area contributed by atoms with Gasteiger partial charge in [0.25, 0.3) is 5.91 Å². The third kappa shape index (κ3) is 4.55. The molecule has 0 aliphatic heterocycles.